The van der Waals surface area contributed by atoms with Crippen molar-refractivity contribution < 1.29 is 14.4 Å². The van der Waals surface area contributed by atoms with Crippen molar-refractivity contribution in [1.29, 1.82) is 0 Å². The van der Waals surface area contributed by atoms with Gasteiger partial charge in [0.2, 0.25) is 0 Å². The fourth-order valence-corrected chi connectivity index (χ4v) is 1.45. The summed E-state index contributed by atoms with van der Waals surface area (Å²) < 4.78 is 9.68. The molecule has 2 N–H and O–H groups in total. The molecule has 0 aliphatic heterocycles. The smallest absolute Gasteiger partial charge is 0.310 e. The summed E-state index contributed by atoms with van der Waals surface area (Å²) in [6, 6.07) is 13.6. The second kappa shape index (κ2) is 7.63. The number of methoxy groups -OCH3 is 2. The van der Waals surface area contributed by atoms with Gasteiger partial charge in [0.25, 0.3) is 0 Å². The Morgan fingerprint density at radius 1 is 0.950 bits per heavy atom. The number of nitro groups is 1. The van der Waals surface area contributed by atoms with Gasteiger partial charge in [-0.25, -0.2) is 0 Å². The average Bonchev–Trinajstić information content (AvgIpc) is 2.48. The largest absolute Gasteiger partial charge is 0.495 e. The molecular weight excluding hydrogens is 260 g/mol. The minimum absolute atomic E-state index is 0.00463. The number of rotatable bonds is 3. The molecule has 0 heterocycles. The molecule has 20 heavy (non-hydrogen) atoms. The second-order valence-corrected chi connectivity index (χ2v) is 3.67. The molecule has 0 aliphatic rings. The van der Waals surface area contributed by atoms with Crippen LogP contribution in [0.15, 0.2) is 48.5 Å². The average molecular weight is 276 g/mol. The predicted octanol–water partition coefficient (Wildman–Crippen LogP) is 2.88. The van der Waals surface area contributed by atoms with E-state index in [1.54, 1.807) is 31.4 Å². The van der Waals surface area contributed by atoms with Crippen molar-refractivity contribution in [3.63, 3.8) is 0 Å². The summed E-state index contributed by atoms with van der Waals surface area (Å²) in [5.74, 6) is 1.02. The zero-order valence-corrected chi connectivity index (χ0v) is 11.3. The molecule has 0 aliphatic carbocycles. The Bertz CT molecular complexity index is 573. The first kappa shape index (κ1) is 15.3. The topological polar surface area (TPSA) is 87.6 Å². The van der Waals surface area contributed by atoms with Crippen LogP contribution in [-0.2, 0) is 0 Å². The van der Waals surface area contributed by atoms with Crippen LogP contribution in [-0.4, -0.2) is 19.1 Å². The molecule has 6 nitrogen and oxygen atoms in total. The summed E-state index contributed by atoms with van der Waals surface area (Å²) in [5.41, 5.74) is 6.18. The Morgan fingerprint density at radius 2 is 1.45 bits per heavy atom. The highest BCUT2D eigenvalue weighted by atomic mass is 16.6. The van der Waals surface area contributed by atoms with Crippen LogP contribution in [0, 0.1) is 10.1 Å². The number of nitrogen functional groups attached to an aromatic ring is 1. The highest BCUT2D eigenvalue weighted by Crippen LogP contribution is 2.24. The lowest BCUT2D eigenvalue weighted by Crippen LogP contribution is -1.92. The third kappa shape index (κ3) is 4.16. The minimum atomic E-state index is -0.473. The fourth-order valence-electron chi connectivity index (χ4n) is 1.45. The second-order valence-electron chi connectivity index (χ2n) is 3.67. The van der Waals surface area contributed by atoms with Gasteiger partial charge in [-0.05, 0) is 18.2 Å². The molecule has 0 radical (unpaired) electrons. The summed E-state index contributed by atoms with van der Waals surface area (Å²) in [6.45, 7) is 0. The van der Waals surface area contributed by atoms with Crippen LogP contribution in [0.5, 0.6) is 11.5 Å². The minimum Gasteiger partial charge on any atom is -0.495 e. The molecule has 2 aromatic carbocycles. The monoisotopic (exact) mass is 276 g/mol. The van der Waals surface area contributed by atoms with Gasteiger partial charge in [0.05, 0.1) is 24.8 Å². The van der Waals surface area contributed by atoms with Crippen molar-refractivity contribution in [3.8, 4) is 11.5 Å². The van der Waals surface area contributed by atoms with E-state index in [4.69, 9.17) is 15.2 Å². The van der Waals surface area contributed by atoms with Gasteiger partial charge in [0.1, 0.15) is 5.75 Å². The SMILES string of the molecule is COc1ccccc1N.COc1ccccc1[N+](=O)[O-]. The Morgan fingerprint density at radius 3 is 1.85 bits per heavy atom. The van der Waals surface area contributed by atoms with Crippen LogP contribution in [0.2, 0.25) is 0 Å². The molecule has 0 fully saturated rings. The normalized spacial score (nSPS) is 9.10. The maximum Gasteiger partial charge on any atom is 0.310 e. The molecule has 106 valence electrons. The van der Waals surface area contributed by atoms with Crippen LogP contribution in [0.1, 0.15) is 0 Å². The maximum atomic E-state index is 10.3. The van der Waals surface area contributed by atoms with Gasteiger partial charge in [0.15, 0.2) is 5.75 Å². The molecule has 0 atom stereocenters. The van der Waals surface area contributed by atoms with Crippen LogP contribution < -0.4 is 15.2 Å². The van der Waals surface area contributed by atoms with Crippen molar-refractivity contribution in [1.82, 2.24) is 0 Å². The number of nitrogens with two attached hydrogens (primary N) is 1. The maximum absolute atomic E-state index is 10.3. The van der Waals surface area contributed by atoms with Gasteiger partial charge >= 0.3 is 5.69 Å². The van der Waals surface area contributed by atoms with Gasteiger partial charge in [-0.15, -0.1) is 0 Å². The zero-order chi connectivity index (χ0) is 15.0. The molecule has 0 amide bonds. The number of para-hydroxylation sites is 4. The third-order valence-corrected chi connectivity index (χ3v) is 2.42. The number of hydrogen-bond donors (Lipinski definition) is 1. The van der Waals surface area contributed by atoms with E-state index in [9.17, 15) is 10.1 Å². The van der Waals surface area contributed by atoms with E-state index < -0.39 is 4.92 Å². The molecule has 6 heteroatoms. The van der Waals surface area contributed by atoms with E-state index in [0.717, 1.165) is 5.75 Å². The van der Waals surface area contributed by atoms with Crippen molar-refractivity contribution in [2.75, 3.05) is 20.0 Å². The quantitative estimate of drug-likeness (QED) is 0.529. The van der Waals surface area contributed by atoms with Gasteiger partial charge in [-0.3, -0.25) is 10.1 Å². The van der Waals surface area contributed by atoms with Crippen molar-refractivity contribution in [2.24, 2.45) is 0 Å². The summed E-state index contributed by atoms with van der Waals surface area (Å²) >= 11 is 0. The number of nitrogens with zero attached hydrogens (tertiary/aromatic N) is 1. The molecule has 0 saturated carbocycles. The molecule has 0 bridgehead atoms. The lowest BCUT2D eigenvalue weighted by Gasteiger charge is -2.00. The molecule has 0 spiro atoms. The Labute approximate surface area is 116 Å². The number of benzene rings is 2. The summed E-state index contributed by atoms with van der Waals surface area (Å²) in [7, 11) is 3.01. The van der Waals surface area contributed by atoms with E-state index >= 15 is 0 Å². The number of nitro benzene ring substituents is 1. The van der Waals surface area contributed by atoms with Crippen LogP contribution in [0.4, 0.5) is 11.4 Å². The van der Waals surface area contributed by atoms with Gasteiger partial charge in [-0.2, -0.15) is 0 Å². The van der Waals surface area contributed by atoms with Crippen LogP contribution in [0.3, 0.4) is 0 Å². The first-order chi connectivity index (χ1) is 9.60. The number of ether oxygens (including phenoxy) is 2. The third-order valence-electron chi connectivity index (χ3n) is 2.42. The first-order valence-electron chi connectivity index (χ1n) is 5.76. The molecular formula is C14H16N2O4. The predicted molar refractivity (Wildman–Crippen MR) is 77.1 cm³/mol. The Kier molecular flexibility index (Phi) is 5.83. The summed E-state index contributed by atoms with van der Waals surface area (Å²) in [5, 5.41) is 10.3. The first-order valence-corrected chi connectivity index (χ1v) is 5.76. The van der Waals surface area contributed by atoms with E-state index in [1.165, 1.54) is 13.2 Å². The highest BCUT2D eigenvalue weighted by molar-refractivity contribution is 5.51. The standard InChI is InChI=1S/C7H7NO3.C7H9NO/c1-11-7-5-3-2-4-6(7)8(9)10;1-9-7-5-3-2-4-6(7)8/h2-5H,1H3;2-5H,8H2,1H3. The van der Waals surface area contributed by atoms with Crippen LogP contribution >= 0.6 is 0 Å². The zero-order valence-electron chi connectivity index (χ0n) is 11.3. The van der Waals surface area contributed by atoms with Gasteiger partial charge in [-0.1, -0.05) is 24.3 Å². The van der Waals surface area contributed by atoms with Crippen molar-refractivity contribution in [3.05, 3.63) is 58.6 Å². The van der Waals surface area contributed by atoms with E-state index in [-0.39, 0.29) is 11.4 Å². The van der Waals surface area contributed by atoms with Gasteiger partial charge in [0, 0.05) is 6.07 Å². The molecule has 0 unspecified atom stereocenters. The Balaban J connectivity index is 0.000000204. The van der Waals surface area contributed by atoms with Gasteiger partial charge < -0.3 is 15.2 Å². The number of hydrogen-bond acceptors (Lipinski definition) is 5. The highest BCUT2D eigenvalue weighted by Gasteiger charge is 2.11. The summed E-state index contributed by atoms with van der Waals surface area (Å²) in [4.78, 5) is 9.83. The molecule has 2 aromatic rings. The van der Waals surface area contributed by atoms with Crippen LogP contribution in [0.25, 0.3) is 0 Å². The number of anilines is 1. The lowest BCUT2D eigenvalue weighted by atomic mass is 10.3. The van der Waals surface area contributed by atoms with E-state index in [0.29, 0.717) is 5.69 Å². The van der Waals surface area contributed by atoms with Crippen molar-refractivity contribution >= 4 is 11.4 Å². The fraction of sp³-hybridized carbons (Fsp3) is 0.143. The molecule has 2 rings (SSSR count). The molecule has 0 saturated heterocycles. The Hall–Kier alpha value is -2.76. The van der Waals surface area contributed by atoms with Crippen molar-refractivity contribution in [2.45, 2.75) is 0 Å². The van der Waals surface area contributed by atoms with E-state index in [1.807, 2.05) is 18.2 Å². The summed E-state index contributed by atoms with van der Waals surface area (Å²) in [6.07, 6.45) is 0. The lowest BCUT2D eigenvalue weighted by molar-refractivity contribution is -0.385. The van der Waals surface area contributed by atoms with E-state index in [2.05, 4.69) is 0 Å². The molecule has 0 aromatic heterocycles.